The van der Waals surface area contributed by atoms with Gasteiger partial charge in [0.05, 0.1) is 6.04 Å². The van der Waals surface area contributed by atoms with Crippen LogP contribution in [0.15, 0.2) is 0 Å². The number of rotatable bonds is 4. The van der Waals surface area contributed by atoms with E-state index in [1.165, 1.54) is 4.90 Å². The second-order valence-electron chi connectivity index (χ2n) is 4.01. The highest BCUT2D eigenvalue weighted by molar-refractivity contribution is 5.84. The fourth-order valence-electron chi connectivity index (χ4n) is 2.18. The first-order chi connectivity index (χ1) is 8.00. The van der Waals surface area contributed by atoms with Crippen molar-refractivity contribution in [3.05, 3.63) is 0 Å². The van der Waals surface area contributed by atoms with Gasteiger partial charge in [0.25, 0.3) is 0 Å². The van der Waals surface area contributed by atoms with Crippen LogP contribution in [0.1, 0.15) is 12.8 Å². The summed E-state index contributed by atoms with van der Waals surface area (Å²) in [6, 6.07) is -1.66. The Hall–Kier alpha value is -1.83. The van der Waals surface area contributed by atoms with Crippen LogP contribution in [-0.4, -0.2) is 63.4 Å². The summed E-state index contributed by atoms with van der Waals surface area (Å²) in [6.07, 6.45) is 0.859. The SMILES string of the molecule is O=C(O)CON1C(=O)N2C[C@H]1CCC2C(=O)O. The van der Waals surface area contributed by atoms with Crippen molar-refractivity contribution in [3.8, 4) is 0 Å². The molecule has 2 saturated heterocycles. The van der Waals surface area contributed by atoms with Crippen LogP contribution in [0.5, 0.6) is 0 Å². The zero-order chi connectivity index (χ0) is 12.6. The number of hydroxylamine groups is 2. The summed E-state index contributed by atoms with van der Waals surface area (Å²) in [5.41, 5.74) is 0. The highest BCUT2D eigenvalue weighted by Gasteiger charge is 2.48. The maximum absolute atomic E-state index is 11.8. The lowest BCUT2D eigenvalue weighted by Crippen LogP contribution is -2.44. The molecule has 0 radical (unpaired) electrons. The van der Waals surface area contributed by atoms with Gasteiger partial charge in [-0.15, -0.1) is 0 Å². The Labute approximate surface area is 96.3 Å². The standard InChI is InChI=1S/C9H12N2O6/c12-7(13)4-17-11-5-1-2-6(8(14)15)10(3-5)9(11)16/h5-6H,1-4H2,(H,12,13)(H,14,15)/t5-,6?/m1/s1. The van der Waals surface area contributed by atoms with Crippen molar-refractivity contribution >= 4 is 18.0 Å². The molecule has 2 aliphatic rings. The van der Waals surface area contributed by atoms with Crippen LogP contribution in [0.2, 0.25) is 0 Å². The van der Waals surface area contributed by atoms with E-state index in [0.717, 1.165) is 5.06 Å². The topological polar surface area (TPSA) is 107 Å². The molecule has 2 amide bonds. The predicted molar refractivity (Wildman–Crippen MR) is 52.0 cm³/mol. The quantitative estimate of drug-likeness (QED) is 0.680. The molecule has 0 aliphatic carbocycles. The Bertz CT molecular complexity index is 370. The largest absolute Gasteiger partial charge is 0.480 e. The second kappa shape index (κ2) is 4.21. The summed E-state index contributed by atoms with van der Waals surface area (Å²) in [6.45, 7) is -0.330. The summed E-state index contributed by atoms with van der Waals surface area (Å²) in [4.78, 5) is 39.1. The lowest BCUT2D eigenvalue weighted by atomic mass is 10.0. The van der Waals surface area contributed by atoms with Crippen molar-refractivity contribution in [1.29, 1.82) is 0 Å². The molecule has 0 aromatic heterocycles. The number of hydrogen-bond donors (Lipinski definition) is 2. The first-order valence-electron chi connectivity index (χ1n) is 5.18. The molecule has 8 heteroatoms. The molecule has 2 atom stereocenters. The van der Waals surface area contributed by atoms with Crippen LogP contribution in [0, 0.1) is 0 Å². The van der Waals surface area contributed by atoms with Crippen molar-refractivity contribution in [2.75, 3.05) is 13.2 Å². The van der Waals surface area contributed by atoms with Gasteiger partial charge in [0.15, 0.2) is 6.61 Å². The second-order valence-corrected chi connectivity index (χ2v) is 4.01. The minimum Gasteiger partial charge on any atom is -0.480 e. The molecule has 2 N–H and O–H groups in total. The monoisotopic (exact) mass is 244 g/mol. The molecule has 0 spiro atoms. The number of carbonyl (C=O) groups excluding carboxylic acids is 1. The maximum Gasteiger partial charge on any atom is 0.345 e. The third-order valence-corrected chi connectivity index (χ3v) is 2.94. The van der Waals surface area contributed by atoms with Gasteiger partial charge >= 0.3 is 18.0 Å². The Balaban J connectivity index is 2.06. The van der Waals surface area contributed by atoms with E-state index in [9.17, 15) is 14.4 Å². The van der Waals surface area contributed by atoms with Crippen LogP contribution >= 0.6 is 0 Å². The first-order valence-corrected chi connectivity index (χ1v) is 5.18. The van der Waals surface area contributed by atoms with Gasteiger partial charge in [0.2, 0.25) is 0 Å². The molecular formula is C9H12N2O6. The van der Waals surface area contributed by atoms with Gasteiger partial charge in [-0.25, -0.2) is 14.4 Å². The third-order valence-electron chi connectivity index (χ3n) is 2.94. The smallest absolute Gasteiger partial charge is 0.345 e. The number of hydrogen-bond acceptors (Lipinski definition) is 4. The predicted octanol–water partition coefficient (Wildman–Crippen LogP) is -0.644. The Morgan fingerprint density at radius 3 is 2.65 bits per heavy atom. The van der Waals surface area contributed by atoms with E-state index in [0.29, 0.717) is 12.8 Å². The summed E-state index contributed by atoms with van der Waals surface area (Å²) < 4.78 is 0. The summed E-state index contributed by atoms with van der Waals surface area (Å²) in [5, 5.41) is 18.4. The fraction of sp³-hybridized carbons (Fsp3) is 0.667. The van der Waals surface area contributed by atoms with Crippen molar-refractivity contribution < 1.29 is 29.4 Å². The van der Waals surface area contributed by atoms with E-state index in [1.54, 1.807) is 0 Å². The average Bonchev–Trinajstić information content (AvgIpc) is 2.49. The van der Waals surface area contributed by atoms with E-state index >= 15 is 0 Å². The van der Waals surface area contributed by atoms with Crippen molar-refractivity contribution in [2.24, 2.45) is 0 Å². The molecule has 2 bridgehead atoms. The van der Waals surface area contributed by atoms with Gasteiger partial charge in [0, 0.05) is 6.54 Å². The average molecular weight is 244 g/mol. The number of carbonyl (C=O) groups is 3. The van der Waals surface area contributed by atoms with Crippen LogP contribution < -0.4 is 0 Å². The van der Waals surface area contributed by atoms with Gasteiger partial charge in [-0.2, -0.15) is 5.06 Å². The van der Waals surface area contributed by atoms with Gasteiger partial charge < -0.3 is 15.1 Å². The van der Waals surface area contributed by atoms with Crippen LogP contribution in [-0.2, 0) is 14.4 Å². The molecule has 2 aliphatic heterocycles. The first kappa shape index (κ1) is 11.6. The molecular weight excluding hydrogens is 232 g/mol. The van der Waals surface area contributed by atoms with Crippen LogP contribution in [0.4, 0.5) is 4.79 Å². The van der Waals surface area contributed by atoms with Crippen LogP contribution in [0.3, 0.4) is 0 Å². The Morgan fingerprint density at radius 1 is 1.35 bits per heavy atom. The number of urea groups is 1. The number of amides is 2. The van der Waals surface area contributed by atoms with Crippen molar-refractivity contribution in [1.82, 2.24) is 9.96 Å². The molecule has 94 valence electrons. The molecule has 17 heavy (non-hydrogen) atoms. The molecule has 0 aromatic carbocycles. The van der Waals surface area contributed by atoms with E-state index in [-0.39, 0.29) is 12.6 Å². The summed E-state index contributed by atoms with van der Waals surface area (Å²) in [5.74, 6) is -2.22. The zero-order valence-corrected chi connectivity index (χ0v) is 8.90. The minimum atomic E-state index is -1.18. The highest BCUT2D eigenvalue weighted by Crippen LogP contribution is 2.29. The lowest BCUT2D eigenvalue weighted by Gasteiger charge is -2.26. The Morgan fingerprint density at radius 2 is 2.06 bits per heavy atom. The normalized spacial score (nSPS) is 27.4. The van der Waals surface area contributed by atoms with E-state index in [1.807, 2.05) is 0 Å². The lowest BCUT2D eigenvalue weighted by molar-refractivity contribution is -0.167. The molecule has 2 fully saturated rings. The molecule has 0 saturated carbocycles. The highest BCUT2D eigenvalue weighted by atomic mass is 16.7. The zero-order valence-electron chi connectivity index (χ0n) is 8.90. The maximum atomic E-state index is 11.8. The minimum absolute atomic E-state index is 0.252. The van der Waals surface area contributed by atoms with Gasteiger partial charge in [0.1, 0.15) is 6.04 Å². The van der Waals surface area contributed by atoms with Gasteiger partial charge in [-0.3, -0.25) is 4.84 Å². The number of aliphatic carboxylic acids is 2. The summed E-state index contributed by atoms with van der Waals surface area (Å²) >= 11 is 0. The Kier molecular flexibility index (Phi) is 2.88. The van der Waals surface area contributed by atoms with Gasteiger partial charge in [-0.05, 0) is 12.8 Å². The molecule has 2 rings (SSSR count). The number of piperidine rings is 1. The van der Waals surface area contributed by atoms with Crippen molar-refractivity contribution in [3.63, 3.8) is 0 Å². The number of nitrogens with zero attached hydrogens (tertiary/aromatic N) is 2. The number of carboxylic acid groups (broad SMARTS) is 2. The molecule has 0 aromatic rings. The van der Waals surface area contributed by atoms with Gasteiger partial charge in [-0.1, -0.05) is 0 Å². The number of fused-ring (bicyclic) bond motifs is 2. The van der Waals surface area contributed by atoms with E-state index in [4.69, 9.17) is 15.1 Å². The molecule has 1 unspecified atom stereocenters. The van der Waals surface area contributed by atoms with E-state index < -0.39 is 30.6 Å². The van der Waals surface area contributed by atoms with Crippen LogP contribution in [0.25, 0.3) is 0 Å². The number of carboxylic acids is 2. The molecule has 2 heterocycles. The fourth-order valence-corrected chi connectivity index (χ4v) is 2.18. The van der Waals surface area contributed by atoms with E-state index in [2.05, 4.69) is 0 Å². The third kappa shape index (κ3) is 2.03. The summed E-state index contributed by atoms with van der Waals surface area (Å²) in [7, 11) is 0. The van der Waals surface area contributed by atoms with Crippen molar-refractivity contribution in [2.45, 2.75) is 24.9 Å². The molecule has 8 nitrogen and oxygen atoms in total.